The van der Waals surface area contributed by atoms with Crippen LogP contribution in [0.25, 0.3) is 0 Å². The molecule has 0 aromatic heterocycles. The SMILES string of the molecule is Cc1cc(NC(=O)CNc2ccc(NC(=O)C3CC3)cc2)ccc1Br. The molecule has 1 aliphatic rings. The summed E-state index contributed by atoms with van der Waals surface area (Å²) in [5.41, 5.74) is 3.43. The van der Waals surface area contributed by atoms with Gasteiger partial charge in [0.15, 0.2) is 0 Å². The summed E-state index contributed by atoms with van der Waals surface area (Å²) in [6.45, 7) is 2.14. The predicted octanol–water partition coefficient (Wildman–Crippen LogP) is 4.16. The Morgan fingerprint density at radius 2 is 1.64 bits per heavy atom. The Morgan fingerprint density at radius 1 is 1.00 bits per heavy atom. The highest BCUT2D eigenvalue weighted by atomic mass is 79.9. The van der Waals surface area contributed by atoms with Crippen molar-refractivity contribution in [1.82, 2.24) is 0 Å². The van der Waals surface area contributed by atoms with Gasteiger partial charge in [-0.3, -0.25) is 9.59 Å². The zero-order chi connectivity index (χ0) is 17.8. The van der Waals surface area contributed by atoms with Gasteiger partial charge in [-0.05, 0) is 67.8 Å². The standard InChI is InChI=1S/C19H20BrN3O2/c1-12-10-16(8-9-17(12)20)22-18(24)11-21-14-4-6-15(7-5-14)23-19(25)13-2-3-13/h4-10,13,21H,2-3,11H2,1H3,(H,22,24)(H,23,25). The van der Waals surface area contributed by atoms with E-state index in [1.165, 1.54) is 0 Å². The van der Waals surface area contributed by atoms with Crippen molar-refractivity contribution in [2.24, 2.45) is 5.92 Å². The van der Waals surface area contributed by atoms with E-state index >= 15 is 0 Å². The Morgan fingerprint density at radius 3 is 2.28 bits per heavy atom. The lowest BCUT2D eigenvalue weighted by Crippen LogP contribution is -2.21. The van der Waals surface area contributed by atoms with Crippen molar-refractivity contribution in [3.63, 3.8) is 0 Å². The molecule has 2 aromatic carbocycles. The third-order valence-corrected chi connectivity index (χ3v) is 4.89. The van der Waals surface area contributed by atoms with Gasteiger partial charge in [0.2, 0.25) is 11.8 Å². The molecule has 130 valence electrons. The zero-order valence-electron chi connectivity index (χ0n) is 13.9. The molecule has 0 spiro atoms. The maximum atomic E-state index is 12.0. The Balaban J connectivity index is 1.48. The van der Waals surface area contributed by atoms with Gasteiger partial charge in [-0.25, -0.2) is 0 Å². The lowest BCUT2D eigenvalue weighted by Gasteiger charge is -2.10. The second-order valence-corrected chi connectivity index (χ2v) is 7.06. The average Bonchev–Trinajstić information content (AvgIpc) is 3.43. The molecule has 0 aliphatic heterocycles. The van der Waals surface area contributed by atoms with Crippen LogP contribution >= 0.6 is 15.9 Å². The van der Waals surface area contributed by atoms with Crippen molar-refractivity contribution in [2.75, 3.05) is 22.5 Å². The molecular weight excluding hydrogens is 382 g/mol. The molecule has 1 aliphatic carbocycles. The number of nitrogens with one attached hydrogen (secondary N) is 3. The smallest absolute Gasteiger partial charge is 0.243 e. The summed E-state index contributed by atoms with van der Waals surface area (Å²) in [7, 11) is 0. The number of amides is 2. The maximum Gasteiger partial charge on any atom is 0.243 e. The third-order valence-electron chi connectivity index (χ3n) is 4.00. The van der Waals surface area contributed by atoms with Crippen LogP contribution in [0.4, 0.5) is 17.1 Å². The van der Waals surface area contributed by atoms with Crippen LogP contribution in [0.2, 0.25) is 0 Å². The molecule has 1 saturated carbocycles. The minimum absolute atomic E-state index is 0.0879. The Labute approximate surface area is 155 Å². The highest BCUT2D eigenvalue weighted by molar-refractivity contribution is 9.10. The van der Waals surface area contributed by atoms with Gasteiger partial charge in [-0.1, -0.05) is 15.9 Å². The van der Waals surface area contributed by atoms with E-state index in [0.717, 1.165) is 39.9 Å². The summed E-state index contributed by atoms with van der Waals surface area (Å²) in [4.78, 5) is 23.7. The van der Waals surface area contributed by atoms with Gasteiger partial charge in [0.05, 0.1) is 6.54 Å². The summed E-state index contributed by atoms with van der Waals surface area (Å²) < 4.78 is 1.01. The second-order valence-electron chi connectivity index (χ2n) is 6.21. The topological polar surface area (TPSA) is 70.2 Å². The Kier molecular flexibility index (Phi) is 5.38. The number of aryl methyl sites for hydroxylation is 1. The van der Waals surface area contributed by atoms with Crippen LogP contribution in [-0.4, -0.2) is 18.4 Å². The lowest BCUT2D eigenvalue weighted by atomic mass is 10.2. The molecule has 3 rings (SSSR count). The van der Waals surface area contributed by atoms with Gasteiger partial charge in [0, 0.05) is 27.5 Å². The monoisotopic (exact) mass is 401 g/mol. The summed E-state index contributed by atoms with van der Waals surface area (Å²) in [6, 6.07) is 13.0. The van der Waals surface area contributed by atoms with Crippen molar-refractivity contribution in [1.29, 1.82) is 0 Å². The normalized spacial score (nSPS) is 13.2. The molecule has 25 heavy (non-hydrogen) atoms. The molecule has 2 aromatic rings. The number of carbonyl (C=O) groups is 2. The molecule has 1 fully saturated rings. The summed E-state index contributed by atoms with van der Waals surface area (Å²) in [6.07, 6.45) is 1.97. The predicted molar refractivity (Wildman–Crippen MR) is 104 cm³/mol. The first-order valence-corrected chi connectivity index (χ1v) is 9.01. The largest absolute Gasteiger partial charge is 0.376 e. The molecule has 2 amide bonds. The van der Waals surface area contributed by atoms with Gasteiger partial charge in [-0.15, -0.1) is 0 Å². The third kappa shape index (κ3) is 5.06. The number of anilines is 3. The van der Waals surface area contributed by atoms with Crippen LogP contribution in [0.1, 0.15) is 18.4 Å². The fourth-order valence-electron chi connectivity index (χ4n) is 2.37. The number of rotatable bonds is 6. The molecule has 5 nitrogen and oxygen atoms in total. The van der Waals surface area contributed by atoms with E-state index in [9.17, 15) is 9.59 Å². The first kappa shape index (κ1) is 17.5. The van der Waals surface area contributed by atoms with E-state index in [4.69, 9.17) is 0 Å². The molecule has 3 N–H and O–H groups in total. The second kappa shape index (κ2) is 7.70. The molecule has 0 unspecified atom stereocenters. The van der Waals surface area contributed by atoms with Crippen LogP contribution in [0, 0.1) is 12.8 Å². The fraction of sp³-hybridized carbons (Fsp3) is 0.263. The van der Waals surface area contributed by atoms with Gasteiger partial charge in [-0.2, -0.15) is 0 Å². The van der Waals surface area contributed by atoms with Gasteiger partial charge in [0.1, 0.15) is 0 Å². The number of benzene rings is 2. The molecule has 0 bridgehead atoms. The lowest BCUT2D eigenvalue weighted by molar-refractivity contribution is -0.117. The number of carbonyl (C=O) groups excluding carboxylic acids is 2. The van der Waals surface area contributed by atoms with E-state index in [1.807, 2.05) is 49.4 Å². The van der Waals surface area contributed by atoms with Gasteiger partial charge >= 0.3 is 0 Å². The first-order chi connectivity index (χ1) is 12.0. The van der Waals surface area contributed by atoms with Crippen LogP contribution in [0.3, 0.4) is 0 Å². The van der Waals surface area contributed by atoms with Crippen molar-refractivity contribution in [2.45, 2.75) is 19.8 Å². The van der Waals surface area contributed by atoms with Crippen LogP contribution in [0.5, 0.6) is 0 Å². The first-order valence-electron chi connectivity index (χ1n) is 8.22. The number of hydrogen-bond acceptors (Lipinski definition) is 3. The minimum atomic E-state index is -0.118. The van der Waals surface area contributed by atoms with Gasteiger partial charge in [0.25, 0.3) is 0 Å². The van der Waals surface area contributed by atoms with E-state index in [-0.39, 0.29) is 24.3 Å². The van der Waals surface area contributed by atoms with Crippen molar-refractivity contribution in [3.8, 4) is 0 Å². The summed E-state index contributed by atoms with van der Waals surface area (Å²) in [5.74, 6) is 0.154. The van der Waals surface area contributed by atoms with E-state index in [2.05, 4.69) is 31.9 Å². The summed E-state index contributed by atoms with van der Waals surface area (Å²) >= 11 is 3.44. The van der Waals surface area contributed by atoms with Crippen molar-refractivity contribution >= 4 is 44.8 Å². The van der Waals surface area contributed by atoms with E-state index in [1.54, 1.807) is 0 Å². The van der Waals surface area contributed by atoms with Crippen LogP contribution in [-0.2, 0) is 9.59 Å². The highest BCUT2D eigenvalue weighted by Gasteiger charge is 2.29. The molecule has 0 heterocycles. The minimum Gasteiger partial charge on any atom is -0.376 e. The highest BCUT2D eigenvalue weighted by Crippen LogP contribution is 2.30. The summed E-state index contributed by atoms with van der Waals surface area (Å²) in [5, 5.41) is 8.82. The number of halogens is 1. The average molecular weight is 402 g/mol. The zero-order valence-corrected chi connectivity index (χ0v) is 15.5. The fourth-order valence-corrected chi connectivity index (χ4v) is 2.62. The Hall–Kier alpha value is -2.34. The van der Waals surface area contributed by atoms with Crippen LogP contribution in [0.15, 0.2) is 46.9 Å². The molecular formula is C19H20BrN3O2. The molecule has 0 atom stereocenters. The Bertz CT molecular complexity index is 786. The number of hydrogen-bond donors (Lipinski definition) is 3. The maximum absolute atomic E-state index is 12.0. The molecule has 0 radical (unpaired) electrons. The molecule has 6 heteroatoms. The van der Waals surface area contributed by atoms with Crippen LogP contribution < -0.4 is 16.0 Å². The van der Waals surface area contributed by atoms with Crippen molar-refractivity contribution in [3.05, 3.63) is 52.5 Å². The quantitative estimate of drug-likeness (QED) is 0.680. The van der Waals surface area contributed by atoms with E-state index < -0.39 is 0 Å². The molecule has 0 saturated heterocycles. The van der Waals surface area contributed by atoms with Crippen molar-refractivity contribution < 1.29 is 9.59 Å². The van der Waals surface area contributed by atoms with Gasteiger partial charge < -0.3 is 16.0 Å². The van der Waals surface area contributed by atoms with E-state index in [0.29, 0.717) is 0 Å².